The van der Waals surface area contributed by atoms with Gasteiger partial charge in [0.05, 0.1) is 12.6 Å². The lowest BCUT2D eigenvalue weighted by atomic mass is 9.97. The summed E-state index contributed by atoms with van der Waals surface area (Å²) < 4.78 is 0. The van der Waals surface area contributed by atoms with Crippen molar-refractivity contribution in [3.63, 3.8) is 0 Å². The minimum Gasteiger partial charge on any atom is -0.354 e. The van der Waals surface area contributed by atoms with Gasteiger partial charge in [-0.15, -0.1) is 0 Å². The van der Waals surface area contributed by atoms with Crippen LogP contribution in [0.25, 0.3) is 0 Å². The number of likely N-dealkylation sites (tertiary alicyclic amines) is 2. The summed E-state index contributed by atoms with van der Waals surface area (Å²) in [4.78, 5) is 29.4. The molecule has 0 aliphatic carbocycles. The molecular weight excluding hydrogens is 328 g/mol. The molecule has 3 unspecified atom stereocenters. The van der Waals surface area contributed by atoms with E-state index in [4.69, 9.17) is 0 Å². The predicted octanol–water partition coefficient (Wildman–Crippen LogP) is 1.36. The van der Waals surface area contributed by atoms with Crippen LogP contribution in [0.4, 0.5) is 0 Å². The smallest absolute Gasteiger partial charge is 0.237 e. The molecule has 3 aliphatic heterocycles. The second-order valence-electron chi connectivity index (χ2n) is 8.28. The Morgan fingerprint density at radius 2 is 1.96 bits per heavy atom. The lowest BCUT2D eigenvalue weighted by Gasteiger charge is -2.38. The highest BCUT2D eigenvalue weighted by atomic mass is 16.2. The lowest BCUT2D eigenvalue weighted by molar-refractivity contribution is -0.136. The molecule has 6 heteroatoms. The fourth-order valence-corrected chi connectivity index (χ4v) is 4.77. The van der Waals surface area contributed by atoms with Crippen LogP contribution in [0.1, 0.15) is 58.3 Å². The molecule has 0 radical (unpaired) electrons. The van der Waals surface area contributed by atoms with Crippen molar-refractivity contribution in [2.45, 2.75) is 70.4 Å². The molecule has 2 N–H and O–H groups in total. The van der Waals surface area contributed by atoms with Crippen molar-refractivity contribution in [3.8, 4) is 0 Å². The number of hydrogen-bond acceptors (Lipinski definition) is 4. The maximum Gasteiger partial charge on any atom is 0.237 e. The first-order valence-corrected chi connectivity index (χ1v) is 10.7. The van der Waals surface area contributed by atoms with Crippen LogP contribution in [0, 0.1) is 5.92 Å². The Labute approximate surface area is 158 Å². The Hall–Kier alpha value is -1.14. The van der Waals surface area contributed by atoms with Gasteiger partial charge in [0.1, 0.15) is 0 Å². The van der Waals surface area contributed by atoms with Gasteiger partial charge in [-0.1, -0.05) is 6.92 Å². The van der Waals surface area contributed by atoms with E-state index in [1.54, 1.807) is 0 Å². The second-order valence-corrected chi connectivity index (χ2v) is 8.28. The van der Waals surface area contributed by atoms with Gasteiger partial charge < -0.3 is 15.5 Å². The molecule has 0 spiro atoms. The van der Waals surface area contributed by atoms with Gasteiger partial charge in [0.25, 0.3) is 0 Å². The van der Waals surface area contributed by atoms with E-state index in [1.165, 1.54) is 6.42 Å². The number of rotatable bonds is 6. The molecule has 0 aromatic carbocycles. The fourth-order valence-electron chi connectivity index (χ4n) is 4.77. The van der Waals surface area contributed by atoms with E-state index in [0.29, 0.717) is 24.4 Å². The van der Waals surface area contributed by atoms with E-state index in [-0.39, 0.29) is 11.9 Å². The Morgan fingerprint density at radius 1 is 1.08 bits per heavy atom. The quantitative estimate of drug-likeness (QED) is 0.747. The van der Waals surface area contributed by atoms with E-state index in [9.17, 15) is 9.59 Å². The molecule has 3 heterocycles. The van der Waals surface area contributed by atoms with Gasteiger partial charge >= 0.3 is 0 Å². The predicted molar refractivity (Wildman–Crippen MR) is 103 cm³/mol. The molecule has 3 saturated heterocycles. The van der Waals surface area contributed by atoms with E-state index >= 15 is 0 Å². The van der Waals surface area contributed by atoms with Gasteiger partial charge in [0.2, 0.25) is 11.8 Å². The van der Waals surface area contributed by atoms with E-state index in [0.717, 1.165) is 77.7 Å². The lowest BCUT2D eigenvalue weighted by Crippen LogP contribution is -2.50. The Bertz CT molecular complexity index is 478. The number of nitrogens with zero attached hydrogens (tertiary/aromatic N) is 2. The minimum atomic E-state index is 0.00125. The molecule has 148 valence electrons. The first-order chi connectivity index (χ1) is 12.7. The molecule has 0 bridgehead atoms. The van der Waals surface area contributed by atoms with Crippen molar-refractivity contribution in [2.75, 3.05) is 39.3 Å². The van der Waals surface area contributed by atoms with Crippen LogP contribution >= 0.6 is 0 Å². The fraction of sp³-hybridized carbons (Fsp3) is 0.900. The van der Waals surface area contributed by atoms with E-state index < -0.39 is 0 Å². The highest BCUT2D eigenvalue weighted by molar-refractivity contribution is 5.82. The molecular formula is C20H36N4O2. The van der Waals surface area contributed by atoms with Gasteiger partial charge in [0, 0.05) is 25.7 Å². The third kappa shape index (κ3) is 5.19. The maximum atomic E-state index is 12.8. The topological polar surface area (TPSA) is 64.7 Å². The second kappa shape index (κ2) is 9.70. The normalized spacial score (nSPS) is 30.3. The van der Waals surface area contributed by atoms with Crippen LogP contribution in [-0.4, -0.2) is 73.0 Å². The zero-order valence-electron chi connectivity index (χ0n) is 16.3. The number of carbonyl (C=O) groups excluding carboxylic acids is 2. The van der Waals surface area contributed by atoms with Crippen LogP contribution in [0.3, 0.4) is 0 Å². The molecule has 3 rings (SSSR count). The molecule has 26 heavy (non-hydrogen) atoms. The molecule has 0 aromatic rings. The Kier molecular flexibility index (Phi) is 7.32. The summed E-state index contributed by atoms with van der Waals surface area (Å²) in [5, 5.41) is 6.38. The molecule has 3 fully saturated rings. The average Bonchev–Trinajstić information content (AvgIpc) is 3.21. The minimum absolute atomic E-state index is 0.00125. The summed E-state index contributed by atoms with van der Waals surface area (Å²) in [6.07, 6.45) is 8.92. The van der Waals surface area contributed by atoms with Gasteiger partial charge in [-0.3, -0.25) is 14.5 Å². The highest BCUT2D eigenvalue weighted by Gasteiger charge is 2.29. The van der Waals surface area contributed by atoms with Gasteiger partial charge in [-0.05, 0) is 70.4 Å². The first-order valence-electron chi connectivity index (χ1n) is 10.7. The van der Waals surface area contributed by atoms with Crippen LogP contribution in [0.5, 0.6) is 0 Å². The van der Waals surface area contributed by atoms with E-state index in [2.05, 4.69) is 27.4 Å². The standard InChI is InChI=1S/C20H36N4O2/c1-2-17-8-3-4-12-24(17)19(25)15-23-11-6-7-16(14-23)13-22-20(26)18-9-5-10-21-18/h16-18,21H,2-15H2,1H3,(H,22,26). The summed E-state index contributed by atoms with van der Waals surface area (Å²) in [7, 11) is 0. The Balaban J connectivity index is 1.42. The van der Waals surface area contributed by atoms with Gasteiger partial charge in [0.15, 0.2) is 0 Å². The zero-order chi connectivity index (χ0) is 18.4. The zero-order valence-corrected chi connectivity index (χ0v) is 16.3. The summed E-state index contributed by atoms with van der Waals surface area (Å²) in [6.45, 7) is 7.29. The van der Waals surface area contributed by atoms with Crippen molar-refractivity contribution in [2.24, 2.45) is 5.92 Å². The van der Waals surface area contributed by atoms with Gasteiger partial charge in [-0.25, -0.2) is 0 Å². The van der Waals surface area contributed by atoms with E-state index in [1.807, 2.05) is 0 Å². The molecule has 0 aromatic heterocycles. The third-order valence-corrected chi connectivity index (χ3v) is 6.32. The number of piperidine rings is 2. The SMILES string of the molecule is CCC1CCCCN1C(=O)CN1CCCC(CNC(=O)C2CCCN2)C1. The summed E-state index contributed by atoms with van der Waals surface area (Å²) in [5.74, 6) is 0.913. The monoisotopic (exact) mass is 364 g/mol. The largest absolute Gasteiger partial charge is 0.354 e. The molecule has 6 nitrogen and oxygen atoms in total. The number of amides is 2. The molecule has 3 atom stereocenters. The van der Waals surface area contributed by atoms with Crippen LogP contribution in [0.15, 0.2) is 0 Å². The average molecular weight is 365 g/mol. The molecule has 0 saturated carbocycles. The highest BCUT2D eigenvalue weighted by Crippen LogP contribution is 2.21. The van der Waals surface area contributed by atoms with Crippen LogP contribution in [-0.2, 0) is 9.59 Å². The third-order valence-electron chi connectivity index (χ3n) is 6.32. The summed E-state index contributed by atoms with van der Waals surface area (Å²) in [6, 6.07) is 0.441. The first kappa shape index (κ1) is 19.6. The summed E-state index contributed by atoms with van der Waals surface area (Å²) >= 11 is 0. The van der Waals surface area contributed by atoms with Gasteiger partial charge in [-0.2, -0.15) is 0 Å². The number of nitrogens with one attached hydrogen (secondary N) is 2. The van der Waals surface area contributed by atoms with Crippen molar-refractivity contribution < 1.29 is 9.59 Å². The van der Waals surface area contributed by atoms with Crippen molar-refractivity contribution in [1.82, 2.24) is 20.4 Å². The number of carbonyl (C=O) groups is 2. The van der Waals surface area contributed by atoms with Crippen molar-refractivity contribution >= 4 is 11.8 Å². The number of hydrogen-bond donors (Lipinski definition) is 2. The van der Waals surface area contributed by atoms with Crippen LogP contribution in [0.2, 0.25) is 0 Å². The molecule has 3 aliphatic rings. The molecule has 2 amide bonds. The van der Waals surface area contributed by atoms with Crippen molar-refractivity contribution in [3.05, 3.63) is 0 Å². The van der Waals surface area contributed by atoms with Crippen molar-refractivity contribution in [1.29, 1.82) is 0 Å². The summed E-state index contributed by atoms with van der Waals surface area (Å²) in [5.41, 5.74) is 0. The van der Waals surface area contributed by atoms with Crippen LogP contribution < -0.4 is 10.6 Å². The maximum absolute atomic E-state index is 12.8. The Morgan fingerprint density at radius 3 is 2.73 bits per heavy atom.